The summed E-state index contributed by atoms with van der Waals surface area (Å²) in [6.07, 6.45) is 3.21. The van der Waals surface area contributed by atoms with Crippen LogP contribution in [0.5, 0.6) is 0 Å². The highest BCUT2D eigenvalue weighted by Gasteiger charge is 2.09. The third-order valence-electron chi connectivity index (χ3n) is 3.03. The summed E-state index contributed by atoms with van der Waals surface area (Å²) in [7, 11) is 0. The van der Waals surface area contributed by atoms with E-state index in [1.54, 1.807) is 12.1 Å². The Morgan fingerprint density at radius 1 is 1.24 bits per heavy atom. The van der Waals surface area contributed by atoms with E-state index in [9.17, 15) is 9.18 Å². The van der Waals surface area contributed by atoms with E-state index >= 15 is 0 Å². The van der Waals surface area contributed by atoms with Crippen molar-refractivity contribution in [3.05, 3.63) is 76.6 Å². The van der Waals surface area contributed by atoms with Gasteiger partial charge in [-0.05, 0) is 36.3 Å². The van der Waals surface area contributed by atoms with E-state index < -0.39 is 5.82 Å². The van der Waals surface area contributed by atoms with Gasteiger partial charge in [-0.15, -0.1) is 0 Å². The average molecular weight is 304 g/mol. The van der Waals surface area contributed by atoms with E-state index in [-0.39, 0.29) is 17.0 Å². The van der Waals surface area contributed by atoms with Crippen molar-refractivity contribution in [2.45, 2.75) is 13.0 Å². The first kappa shape index (κ1) is 15.3. The molecular formula is C17H15ClFNO. The molecule has 4 heteroatoms. The lowest BCUT2D eigenvalue weighted by molar-refractivity contribution is -0.117. The predicted octanol–water partition coefficient (Wildman–Crippen LogP) is 4.37. The molecule has 108 valence electrons. The van der Waals surface area contributed by atoms with E-state index in [1.165, 1.54) is 18.2 Å². The van der Waals surface area contributed by atoms with Gasteiger partial charge in [-0.1, -0.05) is 48.0 Å². The Bertz CT molecular complexity index is 655. The maximum absolute atomic E-state index is 13.1. The highest BCUT2D eigenvalue weighted by molar-refractivity contribution is 6.30. The van der Waals surface area contributed by atoms with Crippen molar-refractivity contribution in [1.29, 1.82) is 0 Å². The molecule has 21 heavy (non-hydrogen) atoms. The molecular weight excluding hydrogens is 289 g/mol. The molecule has 0 radical (unpaired) electrons. The summed E-state index contributed by atoms with van der Waals surface area (Å²) in [6.45, 7) is 1.82. The molecule has 0 aliphatic rings. The number of nitrogens with one attached hydrogen (secondary N) is 1. The Morgan fingerprint density at radius 2 is 1.95 bits per heavy atom. The highest BCUT2D eigenvalue weighted by atomic mass is 35.5. The van der Waals surface area contributed by atoms with Crippen LogP contribution in [0.15, 0.2) is 54.6 Å². The largest absolute Gasteiger partial charge is 0.346 e. The Hall–Kier alpha value is -2.13. The number of halogens is 2. The molecule has 2 nitrogen and oxygen atoms in total. The Kier molecular flexibility index (Phi) is 5.12. The van der Waals surface area contributed by atoms with Crippen LogP contribution in [0.1, 0.15) is 24.1 Å². The standard InChI is InChI=1S/C17H15ClFNO/c1-12(14-8-9-16(19)15(18)11-14)20-17(21)10-7-13-5-3-2-4-6-13/h2-12H,1H3,(H,20,21)/b10-7+. The van der Waals surface area contributed by atoms with Crippen LogP contribution in [0.4, 0.5) is 4.39 Å². The van der Waals surface area contributed by atoms with E-state index in [4.69, 9.17) is 11.6 Å². The predicted molar refractivity (Wildman–Crippen MR) is 83.4 cm³/mol. The second kappa shape index (κ2) is 7.04. The van der Waals surface area contributed by atoms with Crippen LogP contribution in [0.2, 0.25) is 5.02 Å². The highest BCUT2D eigenvalue weighted by Crippen LogP contribution is 2.20. The molecule has 1 amide bonds. The van der Waals surface area contributed by atoms with Crippen LogP contribution in [-0.2, 0) is 4.79 Å². The van der Waals surface area contributed by atoms with Gasteiger partial charge in [-0.25, -0.2) is 4.39 Å². The van der Waals surface area contributed by atoms with Gasteiger partial charge in [-0.2, -0.15) is 0 Å². The first-order chi connectivity index (χ1) is 10.1. The minimum atomic E-state index is -0.470. The lowest BCUT2D eigenvalue weighted by Crippen LogP contribution is -2.24. The minimum Gasteiger partial charge on any atom is -0.346 e. The maximum atomic E-state index is 13.1. The summed E-state index contributed by atoms with van der Waals surface area (Å²) in [4.78, 5) is 11.8. The summed E-state index contributed by atoms with van der Waals surface area (Å²) in [6, 6.07) is 13.7. The van der Waals surface area contributed by atoms with Crippen molar-refractivity contribution in [3.63, 3.8) is 0 Å². The van der Waals surface area contributed by atoms with Gasteiger partial charge in [0.05, 0.1) is 11.1 Å². The van der Waals surface area contributed by atoms with Gasteiger partial charge >= 0.3 is 0 Å². The van der Waals surface area contributed by atoms with E-state index in [0.717, 1.165) is 11.1 Å². The summed E-state index contributed by atoms with van der Waals surface area (Å²) in [5.74, 6) is -0.685. The van der Waals surface area contributed by atoms with Gasteiger partial charge in [0, 0.05) is 6.08 Å². The monoisotopic (exact) mass is 303 g/mol. The van der Waals surface area contributed by atoms with Crippen LogP contribution in [0.3, 0.4) is 0 Å². The third-order valence-corrected chi connectivity index (χ3v) is 3.32. The van der Waals surface area contributed by atoms with Crippen molar-refractivity contribution in [2.75, 3.05) is 0 Å². The van der Waals surface area contributed by atoms with Crippen LogP contribution < -0.4 is 5.32 Å². The molecule has 0 saturated carbocycles. The lowest BCUT2D eigenvalue weighted by atomic mass is 10.1. The summed E-state index contributed by atoms with van der Waals surface area (Å²) in [5.41, 5.74) is 1.70. The number of benzene rings is 2. The number of hydrogen-bond acceptors (Lipinski definition) is 1. The second-order valence-electron chi connectivity index (χ2n) is 4.65. The van der Waals surface area contributed by atoms with E-state index in [2.05, 4.69) is 5.32 Å². The zero-order valence-electron chi connectivity index (χ0n) is 11.5. The average Bonchev–Trinajstić information content (AvgIpc) is 2.49. The third kappa shape index (κ3) is 4.43. The van der Waals surface area contributed by atoms with Gasteiger partial charge in [0.2, 0.25) is 5.91 Å². The van der Waals surface area contributed by atoms with Gasteiger partial charge in [0.1, 0.15) is 5.82 Å². The molecule has 2 aromatic rings. The second-order valence-corrected chi connectivity index (χ2v) is 5.06. The molecule has 1 atom stereocenters. The molecule has 0 aliphatic carbocycles. The zero-order chi connectivity index (χ0) is 15.2. The number of rotatable bonds is 4. The van der Waals surface area contributed by atoms with Crippen molar-refractivity contribution >= 4 is 23.6 Å². The van der Waals surface area contributed by atoms with Crippen LogP contribution in [0, 0.1) is 5.82 Å². The van der Waals surface area contributed by atoms with Gasteiger partial charge in [0.25, 0.3) is 0 Å². The van der Waals surface area contributed by atoms with Crippen molar-refractivity contribution < 1.29 is 9.18 Å². The van der Waals surface area contributed by atoms with Crippen molar-refractivity contribution in [3.8, 4) is 0 Å². The molecule has 0 aliphatic heterocycles. The molecule has 2 aromatic carbocycles. The molecule has 0 fully saturated rings. The molecule has 0 heterocycles. The molecule has 0 saturated heterocycles. The number of carbonyl (C=O) groups excluding carboxylic acids is 1. The SMILES string of the molecule is CC(NC(=O)/C=C/c1ccccc1)c1ccc(F)c(Cl)c1. The Balaban J connectivity index is 1.99. The van der Waals surface area contributed by atoms with Gasteiger partial charge in [-0.3, -0.25) is 4.79 Å². The zero-order valence-corrected chi connectivity index (χ0v) is 12.3. The Morgan fingerprint density at radius 3 is 2.62 bits per heavy atom. The molecule has 1 unspecified atom stereocenters. The van der Waals surface area contributed by atoms with E-state index in [0.29, 0.717) is 0 Å². The summed E-state index contributed by atoms with van der Waals surface area (Å²) in [5, 5.41) is 2.86. The molecule has 0 bridgehead atoms. The fourth-order valence-electron chi connectivity index (χ4n) is 1.86. The van der Waals surface area contributed by atoms with Crippen LogP contribution in [-0.4, -0.2) is 5.91 Å². The fraction of sp³-hybridized carbons (Fsp3) is 0.118. The summed E-state index contributed by atoms with van der Waals surface area (Å²) < 4.78 is 13.1. The fourth-order valence-corrected chi connectivity index (χ4v) is 2.05. The molecule has 0 spiro atoms. The molecule has 0 aromatic heterocycles. The first-order valence-corrected chi connectivity index (χ1v) is 6.92. The smallest absolute Gasteiger partial charge is 0.244 e. The number of carbonyl (C=O) groups is 1. The van der Waals surface area contributed by atoms with Crippen molar-refractivity contribution in [2.24, 2.45) is 0 Å². The minimum absolute atomic E-state index is 0.0495. The summed E-state index contributed by atoms with van der Waals surface area (Å²) >= 11 is 5.73. The quantitative estimate of drug-likeness (QED) is 0.835. The topological polar surface area (TPSA) is 29.1 Å². The molecule has 1 N–H and O–H groups in total. The molecule has 2 rings (SSSR count). The number of hydrogen-bond donors (Lipinski definition) is 1. The van der Waals surface area contributed by atoms with Crippen molar-refractivity contribution in [1.82, 2.24) is 5.32 Å². The first-order valence-electron chi connectivity index (χ1n) is 6.55. The van der Waals surface area contributed by atoms with Crippen LogP contribution in [0.25, 0.3) is 6.08 Å². The maximum Gasteiger partial charge on any atom is 0.244 e. The Labute approximate surface area is 128 Å². The van der Waals surface area contributed by atoms with Gasteiger partial charge < -0.3 is 5.32 Å². The normalized spacial score (nSPS) is 12.3. The van der Waals surface area contributed by atoms with E-state index in [1.807, 2.05) is 37.3 Å². The van der Waals surface area contributed by atoms with Gasteiger partial charge in [0.15, 0.2) is 0 Å². The number of amides is 1. The van der Waals surface area contributed by atoms with Crippen LogP contribution >= 0.6 is 11.6 Å². The lowest BCUT2D eigenvalue weighted by Gasteiger charge is -2.13.